The van der Waals surface area contributed by atoms with Crippen LogP contribution in [0.25, 0.3) is 0 Å². The SMILES string of the molecule is COc1ccc(C(C)CBr)nc1. The highest BCUT2D eigenvalue weighted by molar-refractivity contribution is 9.09. The molecular formula is C9H12BrNO. The van der Waals surface area contributed by atoms with Crippen LogP contribution >= 0.6 is 15.9 Å². The van der Waals surface area contributed by atoms with Gasteiger partial charge in [0.1, 0.15) is 5.75 Å². The third-order valence-electron chi connectivity index (χ3n) is 1.73. The van der Waals surface area contributed by atoms with Gasteiger partial charge < -0.3 is 4.74 Å². The molecule has 3 heteroatoms. The van der Waals surface area contributed by atoms with E-state index in [1.54, 1.807) is 13.3 Å². The Morgan fingerprint density at radius 3 is 2.75 bits per heavy atom. The molecule has 0 aliphatic carbocycles. The van der Waals surface area contributed by atoms with E-state index in [4.69, 9.17) is 4.74 Å². The summed E-state index contributed by atoms with van der Waals surface area (Å²) in [4.78, 5) is 4.27. The molecule has 0 saturated carbocycles. The summed E-state index contributed by atoms with van der Waals surface area (Å²) in [7, 11) is 1.64. The molecule has 1 aromatic rings. The Kier molecular flexibility index (Phi) is 3.53. The molecule has 0 spiro atoms. The first-order valence-corrected chi connectivity index (χ1v) is 4.96. The number of nitrogens with zero attached hydrogens (tertiary/aromatic N) is 1. The van der Waals surface area contributed by atoms with Gasteiger partial charge in [-0.2, -0.15) is 0 Å². The van der Waals surface area contributed by atoms with Gasteiger partial charge in [-0.15, -0.1) is 0 Å². The quantitative estimate of drug-likeness (QED) is 0.744. The Labute approximate surface area is 81.1 Å². The first kappa shape index (κ1) is 9.52. The van der Waals surface area contributed by atoms with Crippen molar-refractivity contribution in [1.82, 2.24) is 4.98 Å². The van der Waals surface area contributed by atoms with Gasteiger partial charge in [0.05, 0.1) is 13.3 Å². The van der Waals surface area contributed by atoms with Gasteiger partial charge in [0.2, 0.25) is 0 Å². The van der Waals surface area contributed by atoms with E-state index < -0.39 is 0 Å². The van der Waals surface area contributed by atoms with E-state index in [9.17, 15) is 0 Å². The Hall–Kier alpha value is -0.570. The van der Waals surface area contributed by atoms with Crippen molar-refractivity contribution in [2.75, 3.05) is 12.4 Å². The van der Waals surface area contributed by atoms with Crippen LogP contribution in [0.5, 0.6) is 5.75 Å². The average Bonchev–Trinajstić information content (AvgIpc) is 2.17. The average molecular weight is 230 g/mol. The molecule has 12 heavy (non-hydrogen) atoms. The van der Waals surface area contributed by atoms with Crippen molar-refractivity contribution in [1.29, 1.82) is 0 Å². The zero-order chi connectivity index (χ0) is 8.97. The van der Waals surface area contributed by atoms with Crippen LogP contribution in [0.1, 0.15) is 18.5 Å². The summed E-state index contributed by atoms with van der Waals surface area (Å²) in [6, 6.07) is 3.92. The third kappa shape index (κ3) is 2.21. The first-order valence-electron chi connectivity index (χ1n) is 3.84. The third-order valence-corrected chi connectivity index (χ3v) is 2.70. The van der Waals surface area contributed by atoms with Crippen molar-refractivity contribution in [2.45, 2.75) is 12.8 Å². The van der Waals surface area contributed by atoms with E-state index in [-0.39, 0.29) is 0 Å². The summed E-state index contributed by atoms with van der Waals surface area (Å²) in [5.41, 5.74) is 1.09. The summed E-state index contributed by atoms with van der Waals surface area (Å²) in [5, 5.41) is 0.937. The zero-order valence-electron chi connectivity index (χ0n) is 7.25. The number of hydrogen-bond acceptors (Lipinski definition) is 2. The highest BCUT2D eigenvalue weighted by Gasteiger charge is 2.04. The lowest BCUT2D eigenvalue weighted by atomic mass is 10.1. The van der Waals surface area contributed by atoms with Crippen LogP contribution in [0.2, 0.25) is 0 Å². The largest absolute Gasteiger partial charge is 0.495 e. The van der Waals surface area contributed by atoms with Gasteiger partial charge in [0, 0.05) is 16.9 Å². The van der Waals surface area contributed by atoms with E-state index in [1.165, 1.54) is 0 Å². The molecule has 0 saturated heterocycles. The van der Waals surface area contributed by atoms with Crippen LogP contribution in [0, 0.1) is 0 Å². The van der Waals surface area contributed by atoms with Crippen LogP contribution < -0.4 is 4.74 Å². The fourth-order valence-electron chi connectivity index (χ4n) is 0.883. The maximum Gasteiger partial charge on any atom is 0.137 e. The van der Waals surface area contributed by atoms with Crippen molar-refractivity contribution in [3.63, 3.8) is 0 Å². The lowest BCUT2D eigenvalue weighted by Crippen LogP contribution is -1.97. The fourth-order valence-corrected chi connectivity index (χ4v) is 1.21. The Morgan fingerprint density at radius 2 is 2.33 bits per heavy atom. The van der Waals surface area contributed by atoms with Crippen molar-refractivity contribution in [3.05, 3.63) is 24.0 Å². The molecule has 0 N–H and O–H groups in total. The summed E-state index contributed by atoms with van der Waals surface area (Å²) in [5.74, 6) is 1.26. The Bertz CT molecular complexity index is 235. The lowest BCUT2D eigenvalue weighted by molar-refractivity contribution is 0.412. The molecule has 0 aliphatic heterocycles. The molecule has 0 amide bonds. The number of ether oxygens (including phenoxy) is 1. The molecule has 1 heterocycles. The zero-order valence-corrected chi connectivity index (χ0v) is 8.84. The van der Waals surface area contributed by atoms with Gasteiger partial charge in [0.25, 0.3) is 0 Å². The molecule has 1 unspecified atom stereocenters. The molecule has 2 nitrogen and oxygen atoms in total. The molecular weight excluding hydrogens is 218 g/mol. The van der Waals surface area contributed by atoms with Crippen molar-refractivity contribution in [3.8, 4) is 5.75 Å². The summed E-state index contributed by atoms with van der Waals surface area (Å²) in [6.45, 7) is 2.13. The summed E-state index contributed by atoms with van der Waals surface area (Å²) >= 11 is 3.42. The number of halogens is 1. The van der Waals surface area contributed by atoms with Crippen molar-refractivity contribution >= 4 is 15.9 Å². The van der Waals surface area contributed by atoms with E-state index in [1.807, 2.05) is 12.1 Å². The van der Waals surface area contributed by atoms with E-state index in [0.717, 1.165) is 16.8 Å². The van der Waals surface area contributed by atoms with Crippen LogP contribution in [-0.4, -0.2) is 17.4 Å². The predicted octanol–water partition coefficient (Wildman–Crippen LogP) is 2.59. The molecule has 1 atom stereocenters. The summed E-state index contributed by atoms with van der Waals surface area (Å²) < 4.78 is 5.01. The minimum absolute atomic E-state index is 0.455. The van der Waals surface area contributed by atoms with Gasteiger partial charge >= 0.3 is 0 Å². The maximum atomic E-state index is 5.01. The van der Waals surface area contributed by atoms with Crippen molar-refractivity contribution < 1.29 is 4.74 Å². The van der Waals surface area contributed by atoms with E-state index in [0.29, 0.717) is 5.92 Å². The second-order valence-electron chi connectivity index (χ2n) is 2.68. The van der Waals surface area contributed by atoms with Crippen LogP contribution in [0.4, 0.5) is 0 Å². The lowest BCUT2D eigenvalue weighted by Gasteiger charge is -2.06. The molecule has 0 fully saturated rings. The van der Waals surface area contributed by atoms with Gasteiger partial charge in [0.15, 0.2) is 0 Å². The monoisotopic (exact) mass is 229 g/mol. The molecule has 0 bridgehead atoms. The van der Waals surface area contributed by atoms with Gasteiger partial charge in [-0.3, -0.25) is 4.98 Å². The van der Waals surface area contributed by atoms with Gasteiger partial charge in [-0.25, -0.2) is 0 Å². The van der Waals surface area contributed by atoms with Gasteiger partial charge in [-0.1, -0.05) is 22.9 Å². The second-order valence-corrected chi connectivity index (χ2v) is 3.33. The second kappa shape index (κ2) is 4.45. The van der Waals surface area contributed by atoms with Crippen LogP contribution in [0.3, 0.4) is 0 Å². The number of rotatable bonds is 3. The molecule has 1 aromatic heterocycles. The fraction of sp³-hybridized carbons (Fsp3) is 0.444. The maximum absolute atomic E-state index is 5.01. The summed E-state index contributed by atoms with van der Waals surface area (Å²) in [6.07, 6.45) is 1.74. The van der Waals surface area contributed by atoms with Crippen molar-refractivity contribution in [2.24, 2.45) is 0 Å². The van der Waals surface area contributed by atoms with E-state index >= 15 is 0 Å². The predicted molar refractivity (Wildman–Crippen MR) is 53.0 cm³/mol. The minimum atomic E-state index is 0.455. The number of aromatic nitrogens is 1. The van der Waals surface area contributed by atoms with E-state index in [2.05, 4.69) is 27.8 Å². The number of alkyl halides is 1. The number of pyridine rings is 1. The molecule has 0 radical (unpaired) electrons. The number of hydrogen-bond donors (Lipinski definition) is 0. The first-order chi connectivity index (χ1) is 5.77. The van der Waals surface area contributed by atoms with Gasteiger partial charge in [-0.05, 0) is 12.1 Å². The topological polar surface area (TPSA) is 22.1 Å². The standard InChI is InChI=1S/C9H12BrNO/c1-7(5-10)9-4-3-8(12-2)6-11-9/h3-4,6-7H,5H2,1-2H3. The highest BCUT2D eigenvalue weighted by Crippen LogP contribution is 2.17. The normalized spacial score (nSPS) is 12.6. The Morgan fingerprint density at radius 1 is 1.58 bits per heavy atom. The molecule has 1 rings (SSSR count). The molecule has 66 valence electrons. The van der Waals surface area contributed by atoms with Crippen LogP contribution in [0.15, 0.2) is 18.3 Å². The molecule has 0 aliphatic rings. The molecule has 0 aromatic carbocycles. The Balaban J connectivity index is 2.77. The smallest absolute Gasteiger partial charge is 0.137 e. The number of methoxy groups -OCH3 is 1. The highest BCUT2D eigenvalue weighted by atomic mass is 79.9. The van der Waals surface area contributed by atoms with Crippen LogP contribution in [-0.2, 0) is 0 Å². The minimum Gasteiger partial charge on any atom is -0.495 e.